The monoisotopic (exact) mass is 251 g/mol. The zero-order chi connectivity index (χ0) is 13.5. The van der Waals surface area contributed by atoms with Gasteiger partial charge in [-0.1, -0.05) is 0 Å². The fraction of sp³-hybridized carbons (Fsp3) is 0.538. The van der Waals surface area contributed by atoms with E-state index in [9.17, 15) is 9.59 Å². The van der Waals surface area contributed by atoms with E-state index in [1.54, 1.807) is 6.07 Å². The van der Waals surface area contributed by atoms with Crippen molar-refractivity contribution in [1.82, 2.24) is 0 Å². The first kappa shape index (κ1) is 12.7. The van der Waals surface area contributed by atoms with Gasteiger partial charge in [0, 0.05) is 26.0 Å². The third-order valence-corrected chi connectivity index (χ3v) is 2.60. The molecule has 0 N–H and O–H groups in total. The Kier molecular flexibility index (Phi) is 2.92. The van der Waals surface area contributed by atoms with Gasteiger partial charge in [-0.25, -0.2) is 4.79 Å². The van der Waals surface area contributed by atoms with Crippen molar-refractivity contribution in [3.63, 3.8) is 0 Å². The predicted molar refractivity (Wildman–Crippen MR) is 66.0 cm³/mol. The van der Waals surface area contributed by atoms with Crippen molar-refractivity contribution < 1.29 is 18.7 Å². The van der Waals surface area contributed by atoms with Crippen LogP contribution in [0.3, 0.4) is 0 Å². The molecule has 98 valence electrons. The summed E-state index contributed by atoms with van der Waals surface area (Å²) in [5.74, 6) is 0.813. The minimum atomic E-state index is -0.535. The average Bonchev–Trinajstić information content (AvgIpc) is 2.71. The van der Waals surface area contributed by atoms with E-state index < -0.39 is 11.7 Å². The zero-order valence-electron chi connectivity index (χ0n) is 11.1. The molecule has 1 aromatic rings. The first-order valence-corrected chi connectivity index (χ1v) is 5.92. The van der Waals surface area contributed by atoms with Crippen molar-refractivity contribution in [3.05, 3.63) is 17.6 Å². The molecule has 0 radical (unpaired) electrons. The molecule has 5 nitrogen and oxygen atoms in total. The van der Waals surface area contributed by atoms with Gasteiger partial charge in [0.25, 0.3) is 0 Å². The van der Waals surface area contributed by atoms with E-state index in [2.05, 4.69) is 0 Å². The number of rotatable bonds is 1. The van der Waals surface area contributed by atoms with E-state index >= 15 is 0 Å². The third-order valence-electron chi connectivity index (χ3n) is 2.60. The number of hydrogen-bond acceptors (Lipinski definition) is 4. The number of fused-ring (bicyclic) bond motifs is 1. The Labute approximate surface area is 106 Å². The van der Waals surface area contributed by atoms with Gasteiger partial charge in [-0.3, -0.25) is 9.69 Å². The summed E-state index contributed by atoms with van der Waals surface area (Å²) in [5.41, 5.74) is 0.113. The maximum Gasteiger partial charge on any atom is 0.414 e. The molecule has 1 amide bonds. The minimum absolute atomic E-state index is 0.145. The number of ether oxygens (including phenoxy) is 1. The lowest BCUT2D eigenvalue weighted by Gasteiger charge is -2.24. The van der Waals surface area contributed by atoms with Crippen LogP contribution in [0, 0.1) is 0 Å². The number of amides is 1. The Balaban J connectivity index is 2.20. The number of furan rings is 1. The number of ketones is 1. The van der Waals surface area contributed by atoms with Crippen LogP contribution in [0.4, 0.5) is 10.5 Å². The molecule has 0 fully saturated rings. The average molecular weight is 251 g/mol. The molecular weight excluding hydrogens is 234 g/mol. The van der Waals surface area contributed by atoms with E-state index in [1.165, 1.54) is 11.8 Å². The normalized spacial score (nSPS) is 14.6. The highest BCUT2D eigenvalue weighted by molar-refractivity contribution is 5.96. The van der Waals surface area contributed by atoms with Gasteiger partial charge in [-0.2, -0.15) is 0 Å². The lowest BCUT2D eigenvalue weighted by Crippen LogP contribution is -2.35. The van der Waals surface area contributed by atoms with E-state index in [4.69, 9.17) is 9.15 Å². The summed E-state index contributed by atoms with van der Waals surface area (Å²) >= 11 is 0. The molecule has 2 rings (SSSR count). The van der Waals surface area contributed by atoms with Crippen LogP contribution in [0.25, 0.3) is 0 Å². The number of carbonyl (C=O) groups is 2. The summed E-state index contributed by atoms with van der Waals surface area (Å²) in [6.45, 7) is 7.42. The lowest BCUT2D eigenvalue weighted by molar-refractivity contribution is 0.0583. The van der Waals surface area contributed by atoms with Gasteiger partial charge in [0.05, 0.1) is 5.69 Å². The van der Waals surface area contributed by atoms with Gasteiger partial charge >= 0.3 is 6.09 Å². The van der Waals surface area contributed by atoms with E-state index in [-0.39, 0.29) is 11.5 Å². The molecule has 0 saturated heterocycles. The Bertz CT molecular complexity index is 496. The molecule has 18 heavy (non-hydrogen) atoms. The fourth-order valence-corrected chi connectivity index (χ4v) is 1.84. The van der Waals surface area contributed by atoms with Gasteiger partial charge in [-0.15, -0.1) is 0 Å². The first-order chi connectivity index (χ1) is 8.28. The van der Waals surface area contributed by atoms with Crippen LogP contribution in [0.1, 0.15) is 44.0 Å². The molecule has 0 atom stereocenters. The third kappa shape index (κ3) is 2.39. The second-order valence-corrected chi connectivity index (χ2v) is 5.36. The topological polar surface area (TPSA) is 59.8 Å². The van der Waals surface area contributed by atoms with Gasteiger partial charge in [0.15, 0.2) is 11.5 Å². The van der Waals surface area contributed by atoms with Gasteiger partial charge in [-0.05, 0) is 20.8 Å². The molecule has 0 aliphatic carbocycles. The molecular formula is C13H17NO4. The molecule has 0 saturated carbocycles. The molecule has 0 unspecified atom stereocenters. The van der Waals surface area contributed by atoms with Crippen LogP contribution < -0.4 is 4.90 Å². The van der Waals surface area contributed by atoms with Crippen LogP contribution in [0.5, 0.6) is 0 Å². The second-order valence-electron chi connectivity index (χ2n) is 5.36. The van der Waals surface area contributed by atoms with Crippen LogP contribution in [0.2, 0.25) is 0 Å². The van der Waals surface area contributed by atoms with E-state index in [0.717, 1.165) is 0 Å². The SMILES string of the molecule is CC(=O)c1cc2c(o1)CCN2C(=O)OC(C)(C)C. The van der Waals surface area contributed by atoms with Gasteiger partial charge in [0.2, 0.25) is 0 Å². The van der Waals surface area contributed by atoms with Crippen LogP contribution in [-0.4, -0.2) is 24.0 Å². The Morgan fingerprint density at radius 1 is 1.39 bits per heavy atom. The number of carbonyl (C=O) groups excluding carboxylic acids is 2. The molecule has 0 bridgehead atoms. The predicted octanol–water partition coefficient (Wildman–Crippen LogP) is 2.78. The highest BCUT2D eigenvalue weighted by Gasteiger charge is 2.32. The van der Waals surface area contributed by atoms with Gasteiger partial charge in [0.1, 0.15) is 11.4 Å². The zero-order valence-corrected chi connectivity index (χ0v) is 11.1. The maximum absolute atomic E-state index is 12.0. The molecule has 2 heterocycles. The van der Waals surface area contributed by atoms with Crippen molar-refractivity contribution in [3.8, 4) is 0 Å². The number of nitrogens with zero attached hydrogens (tertiary/aromatic N) is 1. The summed E-state index contributed by atoms with van der Waals surface area (Å²) < 4.78 is 10.7. The van der Waals surface area contributed by atoms with Crippen LogP contribution >= 0.6 is 0 Å². The fourth-order valence-electron chi connectivity index (χ4n) is 1.84. The van der Waals surface area contributed by atoms with E-state index in [0.29, 0.717) is 24.4 Å². The van der Waals surface area contributed by atoms with Crippen LogP contribution in [0.15, 0.2) is 10.5 Å². The van der Waals surface area contributed by atoms with Crippen molar-refractivity contribution in [2.24, 2.45) is 0 Å². The number of Topliss-reactive ketones (excluding diaryl/α,β-unsaturated/α-hetero) is 1. The summed E-state index contributed by atoms with van der Waals surface area (Å²) in [6, 6.07) is 1.61. The molecule has 1 aliphatic rings. The number of anilines is 1. The van der Waals surface area contributed by atoms with Gasteiger partial charge < -0.3 is 9.15 Å². The molecule has 0 aromatic carbocycles. The second kappa shape index (κ2) is 4.15. The standard InChI is InChI=1S/C13H17NO4/c1-8(15)11-7-9-10(17-11)5-6-14(9)12(16)18-13(2,3)4/h7H,5-6H2,1-4H3. The smallest absolute Gasteiger partial charge is 0.414 e. The quantitative estimate of drug-likeness (QED) is 0.720. The maximum atomic E-state index is 12.0. The summed E-state index contributed by atoms with van der Waals surface area (Å²) in [5, 5.41) is 0. The highest BCUT2D eigenvalue weighted by atomic mass is 16.6. The van der Waals surface area contributed by atoms with Crippen molar-refractivity contribution in [2.75, 3.05) is 11.4 Å². The Morgan fingerprint density at radius 2 is 2.06 bits per heavy atom. The first-order valence-electron chi connectivity index (χ1n) is 5.92. The van der Waals surface area contributed by atoms with E-state index in [1.807, 2.05) is 20.8 Å². The molecule has 1 aliphatic heterocycles. The lowest BCUT2D eigenvalue weighted by atomic mass is 10.2. The van der Waals surface area contributed by atoms with Crippen molar-refractivity contribution in [1.29, 1.82) is 0 Å². The molecule has 1 aromatic heterocycles. The molecule has 5 heteroatoms. The Hall–Kier alpha value is -1.78. The van der Waals surface area contributed by atoms with Crippen LogP contribution in [-0.2, 0) is 11.2 Å². The number of hydrogen-bond donors (Lipinski definition) is 0. The summed E-state index contributed by atoms with van der Waals surface area (Å²) in [4.78, 5) is 24.7. The minimum Gasteiger partial charge on any atom is -0.456 e. The molecule has 0 spiro atoms. The summed E-state index contributed by atoms with van der Waals surface area (Å²) in [7, 11) is 0. The van der Waals surface area contributed by atoms with Crippen molar-refractivity contribution in [2.45, 2.75) is 39.7 Å². The summed E-state index contributed by atoms with van der Waals surface area (Å²) in [6.07, 6.45) is 0.208. The largest absolute Gasteiger partial charge is 0.456 e. The Morgan fingerprint density at radius 3 is 2.61 bits per heavy atom. The van der Waals surface area contributed by atoms with Crippen molar-refractivity contribution >= 4 is 17.6 Å². The highest BCUT2D eigenvalue weighted by Crippen LogP contribution is 2.32.